The van der Waals surface area contributed by atoms with Crippen molar-refractivity contribution in [1.82, 2.24) is 5.32 Å². The Morgan fingerprint density at radius 1 is 1.16 bits per heavy atom. The second kappa shape index (κ2) is 7.90. The van der Waals surface area contributed by atoms with E-state index >= 15 is 0 Å². The van der Waals surface area contributed by atoms with Crippen LogP contribution in [0.5, 0.6) is 17.2 Å². The molecular formula is C19H22N2O4. The zero-order chi connectivity index (χ0) is 17.6. The van der Waals surface area contributed by atoms with E-state index in [-0.39, 0.29) is 25.3 Å². The summed E-state index contributed by atoms with van der Waals surface area (Å²) in [5.74, 6) is 2.04. The number of amides is 1. The van der Waals surface area contributed by atoms with Gasteiger partial charge < -0.3 is 24.8 Å². The zero-order valence-electron chi connectivity index (χ0n) is 14.4. The van der Waals surface area contributed by atoms with Gasteiger partial charge in [-0.05, 0) is 43.7 Å². The second-order valence-corrected chi connectivity index (χ2v) is 6.00. The van der Waals surface area contributed by atoms with Crippen LogP contribution in [0.3, 0.4) is 0 Å². The molecule has 1 amide bonds. The van der Waals surface area contributed by atoms with Gasteiger partial charge in [-0.2, -0.15) is 0 Å². The van der Waals surface area contributed by atoms with Gasteiger partial charge in [0.15, 0.2) is 11.5 Å². The molecule has 2 aromatic rings. The van der Waals surface area contributed by atoms with Crippen molar-refractivity contribution < 1.29 is 19.0 Å². The average Bonchev–Trinajstić information content (AvgIpc) is 3.04. The van der Waals surface area contributed by atoms with Crippen molar-refractivity contribution in [2.75, 3.05) is 18.7 Å². The van der Waals surface area contributed by atoms with E-state index in [9.17, 15) is 4.79 Å². The van der Waals surface area contributed by atoms with E-state index in [4.69, 9.17) is 14.2 Å². The molecule has 132 valence electrons. The highest BCUT2D eigenvalue weighted by Gasteiger charge is 2.13. The molecule has 0 aromatic heterocycles. The summed E-state index contributed by atoms with van der Waals surface area (Å²) >= 11 is 0. The van der Waals surface area contributed by atoms with Crippen LogP contribution in [0.25, 0.3) is 0 Å². The largest absolute Gasteiger partial charge is 0.489 e. The average molecular weight is 342 g/mol. The summed E-state index contributed by atoms with van der Waals surface area (Å²) in [6.45, 7) is 4.92. The quantitative estimate of drug-likeness (QED) is 0.810. The van der Waals surface area contributed by atoms with Crippen LogP contribution >= 0.6 is 0 Å². The maximum absolute atomic E-state index is 12.2. The van der Waals surface area contributed by atoms with E-state index in [1.165, 1.54) is 0 Å². The lowest BCUT2D eigenvalue weighted by molar-refractivity contribution is -0.115. The number of benzene rings is 2. The Bertz CT molecular complexity index is 746. The molecule has 1 aliphatic rings. The summed E-state index contributed by atoms with van der Waals surface area (Å²) in [5.41, 5.74) is 1.70. The molecule has 0 unspecified atom stereocenters. The molecule has 0 spiro atoms. The van der Waals surface area contributed by atoms with Crippen molar-refractivity contribution in [3.8, 4) is 17.2 Å². The lowest BCUT2D eigenvalue weighted by Gasteiger charge is -2.15. The fourth-order valence-electron chi connectivity index (χ4n) is 2.49. The first kappa shape index (κ1) is 17.1. The number of carbonyl (C=O) groups excluding carboxylic acids is 1. The molecule has 2 N–H and O–H groups in total. The second-order valence-electron chi connectivity index (χ2n) is 6.00. The molecule has 6 nitrogen and oxygen atoms in total. The molecule has 1 aliphatic heterocycles. The first-order valence-corrected chi connectivity index (χ1v) is 8.26. The molecule has 0 bridgehead atoms. The maximum Gasteiger partial charge on any atom is 0.238 e. The van der Waals surface area contributed by atoms with Crippen molar-refractivity contribution in [3.63, 3.8) is 0 Å². The van der Waals surface area contributed by atoms with Crippen LogP contribution < -0.4 is 24.8 Å². The van der Waals surface area contributed by atoms with E-state index in [1.807, 2.05) is 56.3 Å². The lowest BCUT2D eigenvalue weighted by atomic mass is 10.2. The highest BCUT2D eigenvalue weighted by Crippen LogP contribution is 2.32. The van der Waals surface area contributed by atoms with Gasteiger partial charge in [-0.15, -0.1) is 0 Å². The molecule has 0 fully saturated rings. The van der Waals surface area contributed by atoms with Gasteiger partial charge in [-0.25, -0.2) is 0 Å². The maximum atomic E-state index is 12.2. The number of carbonyl (C=O) groups is 1. The molecule has 0 radical (unpaired) electrons. The monoisotopic (exact) mass is 342 g/mol. The predicted octanol–water partition coefficient (Wildman–Crippen LogP) is 2.93. The third-order valence-corrected chi connectivity index (χ3v) is 3.58. The van der Waals surface area contributed by atoms with E-state index in [1.54, 1.807) is 0 Å². The minimum absolute atomic E-state index is 0.0437. The third kappa shape index (κ3) is 4.64. The summed E-state index contributed by atoms with van der Waals surface area (Å²) < 4.78 is 16.3. The summed E-state index contributed by atoms with van der Waals surface area (Å²) in [6, 6.07) is 13.2. The highest BCUT2D eigenvalue weighted by atomic mass is 16.7. The molecule has 3 rings (SSSR count). The number of rotatable bonds is 7. The van der Waals surface area contributed by atoms with Crippen molar-refractivity contribution in [1.29, 1.82) is 0 Å². The molecule has 0 saturated heterocycles. The van der Waals surface area contributed by atoms with Crippen molar-refractivity contribution in [2.24, 2.45) is 0 Å². The lowest BCUT2D eigenvalue weighted by Crippen LogP contribution is -2.28. The van der Waals surface area contributed by atoms with Gasteiger partial charge in [0.05, 0.1) is 18.3 Å². The predicted molar refractivity (Wildman–Crippen MR) is 95.1 cm³/mol. The normalized spacial score (nSPS) is 12.3. The molecular weight excluding hydrogens is 320 g/mol. The summed E-state index contributed by atoms with van der Waals surface area (Å²) in [4.78, 5) is 12.2. The molecule has 6 heteroatoms. The first-order chi connectivity index (χ1) is 12.1. The summed E-state index contributed by atoms with van der Waals surface area (Å²) in [7, 11) is 0. The van der Waals surface area contributed by atoms with Gasteiger partial charge in [0, 0.05) is 6.54 Å². The standard InChI is InChI=1S/C19H22N2O4/c1-13(2)25-16-6-4-3-5-15(16)21-19(22)11-20-10-14-7-8-17-18(9-14)24-12-23-17/h3-9,13,20H,10-12H2,1-2H3,(H,21,22). The Kier molecular flexibility index (Phi) is 5.40. The van der Waals surface area contributed by atoms with Gasteiger partial charge >= 0.3 is 0 Å². The molecule has 0 atom stereocenters. The Hall–Kier alpha value is -2.73. The highest BCUT2D eigenvalue weighted by molar-refractivity contribution is 5.93. The number of ether oxygens (including phenoxy) is 3. The SMILES string of the molecule is CC(C)Oc1ccccc1NC(=O)CNCc1ccc2c(c1)OCO2. The van der Waals surface area contributed by atoms with Crippen molar-refractivity contribution in [2.45, 2.75) is 26.5 Å². The van der Waals surface area contributed by atoms with Gasteiger partial charge in [-0.3, -0.25) is 4.79 Å². The number of anilines is 1. The van der Waals surface area contributed by atoms with Crippen LogP contribution in [0.2, 0.25) is 0 Å². The fourth-order valence-corrected chi connectivity index (χ4v) is 2.49. The van der Waals surface area contributed by atoms with Crippen molar-refractivity contribution >= 4 is 11.6 Å². The molecule has 1 heterocycles. The topological polar surface area (TPSA) is 68.8 Å². The van der Waals surface area contributed by atoms with Crippen LogP contribution in [0.1, 0.15) is 19.4 Å². The third-order valence-electron chi connectivity index (χ3n) is 3.58. The molecule has 0 aliphatic carbocycles. The smallest absolute Gasteiger partial charge is 0.238 e. The Labute approximate surface area is 147 Å². The molecule has 0 saturated carbocycles. The van der Waals surface area contributed by atoms with Crippen LogP contribution in [-0.4, -0.2) is 25.3 Å². The summed E-state index contributed by atoms with van der Waals surface area (Å²) in [6.07, 6.45) is 0.0437. The molecule has 25 heavy (non-hydrogen) atoms. The van der Waals surface area contributed by atoms with Crippen molar-refractivity contribution in [3.05, 3.63) is 48.0 Å². The van der Waals surface area contributed by atoms with Gasteiger partial charge in [0.25, 0.3) is 0 Å². The molecule has 2 aromatic carbocycles. The number of fused-ring (bicyclic) bond motifs is 1. The number of para-hydroxylation sites is 2. The van der Waals surface area contributed by atoms with Crippen LogP contribution in [-0.2, 0) is 11.3 Å². The minimum Gasteiger partial charge on any atom is -0.489 e. The number of nitrogens with one attached hydrogen (secondary N) is 2. The Morgan fingerprint density at radius 2 is 1.96 bits per heavy atom. The van der Waals surface area contributed by atoms with E-state index < -0.39 is 0 Å². The number of hydrogen-bond acceptors (Lipinski definition) is 5. The fraction of sp³-hybridized carbons (Fsp3) is 0.316. The van der Waals surface area contributed by atoms with Crippen LogP contribution in [0.15, 0.2) is 42.5 Å². The number of hydrogen-bond donors (Lipinski definition) is 2. The Balaban J connectivity index is 1.50. The minimum atomic E-state index is -0.124. The van der Waals surface area contributed by atoms with Gasteiger partial charge in [0.2, 0.25) is 12.7 Å². The van der Waals surface area contributed by atoms with E-state index in [2.05, 4.69) is 10.6 Å². The van der Waals surface area contributed by atoms with E-state index in [0.29, 0.717) is 18.0 Å². The zero-order valence-corrected chi connectivity index (χ0v) is 14.4. The van der Waals surface area contributed by atoms with Crippen LogP contribution in [0.4, 0.5) is 5.69 Å². The van der Waals surface area contributed by atoms with Crippen LogP contribution in [0, 0.1) is 0 Å². The Morgan fingerprint density at radius 3 is 2.80 bits per heavy atom. The first-order valence-electron chi connectivity index (χ1n) is 8.26. The van der Waals surface area contributed by atoms with Gasteiger partial charge in [-0.1, -0.05) is 18.2 Å². The summed E-state index contributed by atoms with van der Waals surface area (Å²) in [5, 5.41) is 6.00. The van der Waals surface area contributed by atoms with Gasteiger partial charge in [0.1, 0.15) is 5.75 Å². The van der Waals surface area contributed by atoms with E-state index in [0.717, 1.165) is 17.1 Å².